The van der Waals surface area contributed by atoms with Crippen LogP contribution in [0.1, 0.15) is 32.8 Å². The van der Waals surface area contributed by atoms with Gasteiger partial charge >= 0.3 is 5.97 Å². The van der Waals surface area contributed by atoms with Crippen LogP contribution < -0.4 is 5.43 Å². The number of nitrogens with one attached hydrogen (secondary N) is 1. The molecule has 0 spiro atoms. The zero-order chi connectivity index (χ0) is 14.0. The van der Waals surface area contributed by atoms with E-state index < -0.39 is 0 Å². The highest BCUT2D eigenvalue weighted by Gasteiger charge is 2.20. The van der Waals surface area contributed by atoms with E-state index >= 15 is 0 Å². The summed E-state index contributed by atoms with van der Waals surface area (Å²) in [7, 11) is 0. The summed E-state index contributed by atoms with van der Waals surface area (Å²) >= 11 is 3.41. The summed E-state index contributed by atoms with van der Waals surface area (Å²) in [5.41, 5.74) is 4.88. The van der Waals surface area contributed by atoms with Crippen molar-refractivity contribution in [1.82, 2.24) is 5.17 Å². The molecule has 5 heteroatoms. The Morgan fingerprint density at radius 1 is 1.42 bits per heavy atom. The van der Waals surface area contributed by atoms with Crippen LogP contribution in [0.2, 0.25) is 0 Å². The summed E-state index contributed by atoms with van der Waals surface area (Å²) in [5, 5.41) is 1.34. The van der Waals surface area contributed by atoms with Crippen molar-refractivity contribution in [2.75, 3.05) is 5.43 Å². The molecule has 0 aliphatic carbocycles. The van der Waals surface area contributed by atoms with Gasteiger partial charge in [0.15, 0.2) is 0 Å². The van der Waals surface area contributed by atoms with Crippen molar-refractivity contribution in [3.8, 4) is 0 Å². The first kappa shape index (κ1) is 13.9. The molecular formula is C14H17BrN2O2. The zero-order valence-corrected chi connectivity index (χ0v) is 12.8. The highest BCUT2D eigenvalue weighted by Crippen LogP contribution is 2.27. The molecule has 2 rings (SSSR count). The van der Waals surface area contributed by atoms with Crippen LogP contribution in [0.4, 0.5) is 5.69 Å². The van der Waals surface area contributed by atoms with Crippen LogP contribution in [0.25, 0.3) is 6.08 Å². The summed E-state index contributed by atoms with van der Waals surface area (Å²) in [5.74, 6) is -0.261. The number of carbonyl (C=O) groups excluding carboxylic acids is 1. The van der Waals surface area contributed by atoms with Gasteiger partial charge in [0, 0.05) is 10.0 Å². The first-order valence-electron chi connectivity index (χ1n) is 6.08. The normalized spacial score (nSPS) is 13.8. The summed E-state index contributed by atoms with van der Waals surface area (Å²) in [4.78, 5) is 17.0. The number of benzene rings is 1. The van der Waals surface area contributed by atoms with Gasteiger partial charge in [-0.2, -0.15) is 0 Å². The van der Waals surface area contributed by atoms with Crippen molar-refractivity contribution in [2.24, 2.45) is 5.41 Å². The molecule has 1 aromatic carbocycles. The number of fused-ring (bicyclic) bond motifs is 1. The van der Waals surface area contributed by atoms with Gasteiger partial charge in [0.25, 0.3) is 0 Å². The van der Waals surface area contributed by atoms with Gasteiger partial charge in [-0.1, -0.05) is 42.8 Å². The zero-order valence-electron chi connectivity index (χ0n) is 11.2. The van der Waals surface area contributed by atoms with E-state index in [0.717, 1.165) is 15.7 Å². The van der Waals surface area contributed by atoms with Gasteiger partial charge in [0.05, 0.1) is 18.3 Å². The Bertz CT molecular complexity index is 521. The minimum Gasteiger partial charge on any atom is -0.321 e. The fourth-order valence-electron chi connectivity index (χ4n) is 1.70. The largest absolute Gasteiger partial charge is 0.335 e. The topological polar surface area (TPSA) is 41.6 Å². The molecule has 0 saturated carbocycles. The van der Waals surface area contributed by atoms with E-state index in [1.807, 2.05) is 45.0 Å². The molecule has 19 heavy (non-hydrogen) atoms. The van der Waals surface area contributed by atoms with Crippen molar-refractivity contribution in [3.63, 3.8) is 0 Å². The maximum atomic E-state index is 11.8. The Morgan fingerprint density at radius 2 is 2.16 bits per heavy atom. The molecule has 0 bridgehead atoms. The van der Waals surface area contributed by atoms with Crippen LogP contribution in [0.3, 0.4) is 0 Å². The predicted molar refractivity (Wildman–Crippen MR) is 78.8 cm³/mol. The SMILES string of the molecule is CC(C)(C)CC(=O)ON1C=Cc2ccc(Br)cc2N1. The lowest BCUT2D eigenvalue weighted by molar-refractivity contribution is -0.175. The molecule has 1 aliphatic rings. The second-order valence-electron chi connectivity index (χ2n) is 5.69. The molecule has 0 atom stereocenters. The molecule has 0 fully saturated rings. The van der Waals surface area contributed by atoms with E-state index in [0.29, 0.717) is 6.42 Å². The van der Waals surface area contributed by atoms with Crippen LogP contribution in [-0.2, 0) is 9.63 Å². The number of hydrogen-bond donors (Lipinski definition) is 1. The number of anilines is 1. The average molecular weight is 325 g/mol. The monoisotopic (exact) mass is 324 g/mol. The van der Waals surface area contributed by atoms with Crippen LogP contribution in [0.15, 0.2) is 28.9 Å². The number of hydrazine groups is 1. The predicted octanol–water partition coefficient (Wildman–Crippen LogP) is 3.96. The fourth-order valence-corrected chi connectivity index (χ4v) is 2.06. The van der Waals surface area contributed by atoms with Crippen molar-refractivity contribution in [2.45, 2.75) is 27.2 Å². The standard InChI is InChI=1S/C14H17BrN2O2/c1-14(2,3)9-13(18)19-17-7-6-10-4-5-11(15)8-12(10)16-17/h4-8,16H,9H2,1-3H3. The third kappa shape index (κ3) is 3.99. The van der Waals surface area contributed by atoms with Gasteiger partial charge in [-0.25, -0.2) is 4.79 Å². The lowest BCUT2D eigenvalue weighted by Crippen LogP contribution is -2.31. The maximum Gasteiger partial charge on any atom is 0.335 e. The van der Waals surface area contributed by atoms with Gasteiger partial charge in [0.2, 0.25) is 0 Å². The molecule has 1 aliphatic heterocycles. The van der Waals surface area contributed by atoms with E-state index in [-0.39, 0.29) is 11.4 Å². The first-order chi connectivity index (χ1) is 8.83. The van der Waals surface area contributed by atoms with Crippen molar-refractivity contribution in [3.05, 3.63) is 34.4 Å². The highest BCUT2D eigenvalue weighted by atomic mass is 79.9. The third-order valence-electron chi connectivity index (χ3n) is 2.51. The van der Waals surface area contributed by atoms with Gasteiger partial charge in [0.1, 0.15) is 0 Å². The van der Waals surface area contributed by atoms with Gasteiger partial charge in [-0.05, 0) is 23.6 Å². The number of nitrogens with zero attached hydrogens (tertiary/aromatic N) is 1. The first-order valence-corrected chi connectivity index (χ1v) is 6.87. The Kier molecular flexibility index (Phi) is 3.85. The van der Waals surface area contributed by atoms with E-state index in [9.17, 15) is 4.79 Å². The van der Waals surface area contributed by atoms with Crippen LogP contribution in [-0.4, -0.2) is 11.1 Å². The molecule has 4 nitrogen and oxygen atoms in total. The number of hydroxylamine groups is 1. The molecule has 0 amide bonds. The van der Waals surface area contributed by atoms with E-state index in [1.54, 1.807) is 6.20 Å². The number of halogens is 1. The van der Waals surface area contributed by atoms with Crippen LogP contribution in [0.5, 0.6) is 0 Å². The molecule has 0 saturated heterocycles. The van der Waals surface area contributed by atoms with Crippen molar-refractivity contribution in [1.29, 1.82) is 0 Å². The smallest absolute Gasteiger partial charge is 0.321 e. The Hall–Kier alpha value is -1.49. The fraction of sp³-hybridized carbons (Fsp3) is 0.357. The van der Waals surface area contributed by atoms with E-state index in [1.165, 1.54) is 5.17 Å². The number of hydrogen-bond acceptors (Lipinski definition) is 4. The average Bonchev–Trinajstić information content (AvgIpc) is 2.25. The van der Waals surface area contributed by atoms with E-state index in [4.69, 9.17) is 4.84 Å². The summed E-state index contributed by atoms with van der Waals surface area (Å²) in [6.07, 6.45) is 3.95. The van der Waals surface area contributed by atoms with Crippen molar-refractivity contribution < 1.29 is 9.63 Å². The Morgan fingerprint density at radius 3 is 2.84 bits per heavy atom. The van der Waals surface area contributed by atoms with Gasteiger partial charge < -0.3 is 4.84 Å². The van der Waals surface area contributed by atoms with Gasteiger partial charge in [-0.3, -0.25) is 5.43 Å². The molecule has 1 N–H and O–H groups in total. The lowest BCUT2D eigenvalue weighted by Gasteiger charge is -2.26. The van der Waals surface area contributed by atoms with Crippen LogP contribution >= 0.6 is 15.9 Å². The summed E-state index contributed by atoms with van der Waals surface area (Å²) < 4.78 is 0.968. The molecule has 1 heterocycles. The molecule has 1 aromatic rings. The van der Waals surface area contributed by atoms with E-state index in [2.05, 4.69) is 21.4 Å². The second-order valence-corrected chi connectivity index (χ2v) is 6.60. The van der Waals surface area contributed by atoms with Crippen molar-refractivity contribution >= 4 is 33.7 Å². The Labute approximate surface area is 121 Å². The van der Waals surface area contributed by atoms with Gasteiger partial charge in [-0.15, -0.1) is 5.17 Å². The quantitative estimate of drug-likeness (QED) is 0.894. The number of carbonyl (C=O) groups is 1. The second kappa shape index (κ2) is 5.25. The molecule has 0 unspecified atom stereocenters. The van der Waals surface area contributed by atoms with Crippen LogP contribution in [0, 0.1) is 5.41 Å². The minimum atomic E-state index is -0.261. The maximum absolute atomic E-state index is 11.8. The summed E-state index contributed by atoms with van der Waals surface area (Å²) in [6.45, 7) is 6.00. The summed E-state index contributed by atoms with van der Waals surface area (Å²) in [6, 6.07) is 5.88. The Balaban J connectivity index is 2.01. The molecule has 0 aromatic heterocycles. The minimum absolute atomic E-state index is 0.0858. The highest BCUT2D eigenvalue weighted by molar-refractivity contribution is 9.10. The molecule has 0 radical (unpaired) electrons. The third-order valence-corrected chi connectivity index (χ3v) is 3.00. The number of rotatable bonds is 2. The lowest BCUT2D eigenvalue weighted by atomic mass is 9.93. The molecule has 102 valence electrons. The molecular weight excluding hydrogens is 308 g/mol.